The van der Waals surface area contributed by atoms with Crippen molar-refractivity contribution in [3.05, 3.63) is 35.4 Å². The van der Waals surface area contributed by atoms with Crippen LogP contribution in [0.5, 0.6) is 0 Å². The van der Waals surface area contributed by atoms with Crippen LogP contribution in [-0.4, -0.2) is 40.7 Å². The number of carbonyl (C=O) groups is 1. The molecule has 1 aliphatic heterocycles. The molecule has 1 N–H and O–H groups in total. The van der Waals surface area contributed by atoms with Crippen LogP contribution < -0.4 is 5.32 Å². The lowest BCUT2D eigenvalue weighted by Crippen LogP contribution is -2.32. The number of anilines is 1. The lowest BCUT2D eigenvalue weighted by molar-refractivity contribution is 0.102. The van der Waals surface area contributed by atoms with Gasteiger partial charge in [0.1, 0.15) is 17.3 Å². The van der Waals surface area contributed by atoms with E-state index in [9.17, 15) is 4.79 Å². The van der Waals surface area contributed by atoms with E-state index in [0.717, 1.165) is 37.5 Å². The molecule has 3 rings (SSSR count). The normalized spacial score (nSPS) is 16.9. The van der Waals surface area contributed by atoms with E-state index in [-0.39, 0.29) is 5.91 Å². The Bertz CT molecular complexity index is 665. The van der Waals surface area contributed by atoms with E-state index in [0.29, 0.717) is 17.4 Å². The second kappa shape index (κ2) is 5.96. The Balaban J connectivity index is 1.75. The first-order chi connectivity index (χ1) is 10.5. The van der Waals surface area contributed by atoms with Crippen LogP contribution in [0.25, 0.3) is 0 Å². The zero-order valence-electron chi connectivity index (χ0n) is 13.3. The maximum Gasteiger partial charge on any atom is 0.260 e. The van der Waals surface area contributed by atoms with Gasteiger partial charge in [-0.05, 0) is 52.9 Å². The van der Waals surface area contributed by atoms with Gasteiger partial charge in [-0.25, -0.2) is 4.68 Å². The van der Waals surface area contributed by atoms with E-state index < -0.39 is 0 Å². The van der Waals surface area contributed by atoms with Crippen molar-refractivity contribution in [3.8, 4) is 0 Å². The highest BCUT2D eigenvalue weighted by Gasteiger charge is 2.22. The summed E-state index contributed by atoms with van der Waals surface area (Å²) in [6.07, 6.45) is 3.83. The lowest BCUT2D eigenvalue weighted by atomic mass is 10.1. The number of piperidine rings is 1. The van der Waals surface area contributed by atoms with Gasteiger partial charge in [0.15, 0.2) is 0 Å². The summed E-state index contributed by atoms with van der Waals surface area (Å²) in [4.78, 5) is 14.7. The average molecular weight is 302 g/mol. The first kappa shape index (κ1) is 14.8. The molecule has 0 aromatic carbocycles. The van der Waals surface area contributed by atoms with Gasteiger partial charge in [0, 0.05) is 6.07 Å². The number of aromatic nitrogens is 2. The molecule has 22 heavy (non-hydrogen) atoms. The highest BCUT2D eigenvalue weighted by molar-refractivity contribution is 6.04. The molecule has 3 heterocycles. The first-order valence-corrected chi connectivity index (χ1v) is 7.65. The van der Waals surface area contributed by atoms with Crippen LogP contribution in [0.1, 0.15) is 40.8 Å². The summed E-state index contributed by atoms with van der Waals surface area (Å²) in [5.74, 6) is 1.98. The number of likely N-dealkylation sites (tertiary alicyclic amines) is 1. The van der Waals surface area contributed by atoms with Crippen molar-refractivity contribution in [1.82, 2.24) is 14.7 Å². The molecule has 6 nitrogen and oxygen atoms in total. The minimum atomic E-state index is -0.149. The Morgan fingerprint density at radius 3 is 2.73 bits per heavy atom. The summed E-state index contributed by atoms with van der Waals surface area (Å²) >= 11 is 0. The molecule has 0 aliphatic carbocycles. The number of carbonyl (C=O) groups excluding carboxylic acids is 1. The van der Waals surface area contributed by atoms with Gasteiger partial charge in [-0.1, -0.05) is 0 Å². The topological polar surface area (TPSA) is 63.3 Å². The smallest absolute Gasteiger partial charge is 0.260 e. The van der Waals surface area contributed by atoms with Crippen molar-refractivity contribution < 1.29 is 9.21 Å². The average Bonchev–Trinajstić information content (AvgIpc) is 3.06. The summed E-state index contributed by atoms with van der Waals surface area (Å²) < 4.78 is 7.36. The quantitative estimate of drug-likeness (QED) is 0.946. The number of nitrogens with one attached hydrogen (secondary N) is 1. The highest BCUT2D eigenvalue weighted by Crippen LogP contribution is 2.25. The van der Waals surface area contributed by atoms with Crippen molar-refractivity contribution >= 4 is 11.7 Å². The minimum absolute atomic E-state index is 0.149. The molecule has 0 radical (unpaired) electrons. The maximum atomic E-state index is 12.4. The van der Waals surface area contributed by atoms with Crippen LogP contribution in [0, 0.1) is 13.8 Å². The molecule has 0 saturated carbocycles. The second-order valence-electron chi connectivity index (χ2n) is 5.98. The number of furan rings is 1. The molecule has 1 fully saturated rings. The molecule has 0 spiro atoms. The minimum Gasteiger partial charge on any atom is -0.466 e. The lowest BCUT2D eigenvalue weighted by Gasteiger charge is -2.29. The van der Waals surface area contributed by atoms with Crippen LogP contribution in [0.4, 0.5) is 5.82 Å². The monoisotopic (exact) mass is 302 g/mol. The molecule has 1 saturated heterocycles. The molecule has 0 bridgehead atoms. The van der Waals surface area contributed by atoms with Gasteiger partial charge in [0.25, 0.3) is 5.91 Å². The van der Waals surface area contributed by atoms with Crippen molar-refractivity contribution in [2.24, 2.45) is 0 Å². The van der Waals surface area contributed by atoms with Gasteiger partial charge in [-0.2, -0.15) is 5.10 Å². The zero-order chi connectivity index (χ0) is 15.7. The van der Waals surface area contributed by atoms with Crippen molar-refractivity contribution in [2.45, 2.75) is 32.7 Å². The van der Waals surface area contributed by atoms with Crippen LogP contribution in [0.15, 0.2) is 22.7 Å². The fourth-order valence-corrected chi connectivity index (χ4v) is 2.98. The van der Waals surface area contributed by atoms with Crippen LogP contribution in [0.3, 0.4) is 0 Å². The summed E-state index contributed by atoms with van der Waals surface area (Å²) in [6, 6.07) is 3.95. The fourth-order valence-electron chi connectivity index (χ4n) is 2.98. The largest absolute Gasteiger partial charge is 0.466 e. The summed E-state index contributed by atoms with van der Waals surface area (Å²) in [5, 5.41) is 7.36. The van der Waals surface area contributed by atoms with Crippen LogP contribution in [-0.2, 0) is 0 Å². The summed E-state index contributed by atoms with van der Waals surface area (Å²) in [7, 11) is 2.13. The van der Waals surface area contributed by atoms with Crippen molar-refractivity contribution in [2.75, 3.05) is 25.5 Å². The number of rotatable bonds is 3. The predicted molar refractivity (Wildman–Crippen MR) is 84.1 cm³/mol. The molecule has 2 aromatic rings. The van der Waals surface area contributed by atoms with Gasteiger partial charge in [-0.3, -0.25) is 4.79 Å². The standard InChI is InChI=1S/C16H22N4O2/c1-11-10-14(12(2)22-11)16(21)18-15-4-7-17-20(15)13-5-8-19(3)9-6-13/h4,7,10,13H,5-6,8-9H2,1-3H3,(H,18,21). The van der Waals surface area contributed by atoms with Gasteiger partial charge >= 0.3 is 0 Å². The Morgan fingerprint density at radius 1 is 1.36 bits per heavy atom. The fraction of sp³-hybridized carbons (Fsp3) is 0.500. The highest BCUT2D eigenvalue weighted by atomic mass is 16.3. The third-order valence-corrected chi connectivity index (χ3v) is 4.23. The number of amides is 1. The zero-order valence-corrected chi connectivity index (χ0v) is 13.3. The number of hydrogen-bond acceptors (Lipinski definition) is 4. The van der Waals surface area contributed by atoms with E-state index in [1.165, 1.54) is 0 Å². The number of nitrogens with zero attached hydrogens (tertiary/aromatic N) is 3. The van der Waals surface area contributed by atoms with E-state index in [2.05, 4.69) is 22.4 Å². The van der Waals surface area contributed by atoms with E-state index >= 15 is 0 Å². The van der Waals surface area contributed by atoms with Gasteiger partial charge in [0.2, 0.25) is 0 Å². The van der Waals surface area contributed by atoms with E-state index in [4.69, 9.17) is 4.42 Å². The maximum absolute atomic E-state index is 12.4. The number of aryl methyl sites for hydroxylation is 2. The van der Waals surface area contributed by atoms with Crippen molar-refractivity contribution in [3.63, 3.8) is 0 Å². The van der Waals surface area contributed by atoms with Crippen molar-refractivity contribution in [1.29, 1.82) is 0 Å². The second-order valence-corrected chi connectivity index (χ2v) is 5.98. The molecular formula is C16H22N4O2. The molecule has 0 unspecified atom stereocenters. The summed E-state index contributed by atoms with van der Waals surface area (Å²) in [5.41, 5.74) is 0.577. The first-order valence-electron chi connectivity index (χ1n) is 7.65. The Morgan fingerprint density at radius 2 is 2.09 bits per heavy atom. The van der Waals surface area contributed by atoms with Gasteiger partial charge in [0.05, 0.1) is 17.8 Å². The third-order valence-electron chi connectivity index (χ3n) is 4.23. The SMILES string of the molecule is Cc1cc(C(=O)Nc2ccnn2C2CCN(C)CC2)c(C)o1. The molecule has 6 heteroatoms. The predicted octanol–water partition coefficient (Wildman–Crippen LogP) is 2.61. The summed E-state index contributed by atoms with van der Waals surface area (Å²) in [6.45, 7) is 5.75. The van der Waals surface area contributed by atoms with Crippen LogP contribution >= 0.6 is 0 Å². The van der Waals surface area contributed by atoms with E-state index in [1.807, 2.05) is 17.7 Å². The number of hydrogen-bond donors (Lipinski definition) is 1. The molecule has 1 aliphatic rings. The Labute approximate surface area is 130 Å². The van der Waals surface area contributed by atoms with Crippen LogP contribution in [0.2, 0.25) is 0 Å². The molecule has 1 amide bonds. The molecule has 118 valence electrons. The molecular weight excluding hydrogens is 280 g/mol. The van der Waals surface area contributed by atoms with E-state index in [1.54, 1.807) is 19.2 Å². The Kier molecular flexibility index (Phi) is 4.02. The van der Waals surface area contributed by atoms with Gasteiger partial charge < -0.3 is 14.6 Å². The van der Waals surface area contributed by atoms with Gasteiger partial charge in [-0.15, -0.1) is 0 Å². The molecule has 2 aromatic heterocycles. The Hall–Kier alpha value is -2.08. The third kappa shape index (κ3) is 2.92. The molecule has 0 atom stereocenters.